The summed E-state index contributed by atoms with van der Waals surface area (Å²) in [5.74, 6) is 1.000. The van der Waals surface area contributed by atoms with E-state index in [-0.39, 0.29) is 23.8 Å². The first-order valence-corrected chi connectivity index (χ1v) is 8.45. The van der Waals surface area contributed by atoms with Crippen LogP contribution in [0.3, 0.4) is 0 Å². The van der Waals surface area contributed by atoms with Crippen LogP contribution in [0, 0.1) is 12.8 Å². The molecule has 4 atom stereocenters. The standard InChI is InChI=1S/C17H18ClN3O3/c1-9-19-16(24-20-9)15-6-10(22)8-21(15)17(23)13-7-12(13)11-4-2-3-5-14(11)18/h2-5,10,12-13,15,22H,6-8H2,1H3/t10-,12-,13+,15-/m1/s1. The van der Waals surface area contributed by atoms with Gasteiger partial charge in [-0.05, 0) is 30.9 Å². The number of β-amino-alcohol motifs (C(OH)–C–C–N with tert-alkyl or cyclic N) is 1. The summed E-state index contributed by atoms with van der Waals surface area (Å²) < 4.78 is 5.22. The number of carbonyl (C=O) groups excluding carboxylic acids is 1. The number of likely N-dealkylation sites (tertiary alicyclic amines) is 1. The van der Waals surface area contributed by atoms with Crippen LogP contribution >= 0.6 is 11.6 Å². The number of aromatic nitrogens is 2. The van der Waals surface area contributed by atoms with E-state index in [0.29, 0.717) is 29.7 Å². The Morgan fingerprint density at radius 3 is 2.88 bits per heavy atom. The molecule has 126 valence electrons. The van der Waals surface area contributed by atoms with Gasteiger partial charge >= 0.3 is 0 Å². The zero-order valence-corrected chi connectivity index (χ0v) is 14.0. The molecule has 1 N–H and O–H groups in total. The van der Waals surface area contributed by atoms with E-state index < -0.39 is 6.10 Å². The second-order valence-electron chi connectivity index (χ2n) is 6.55. The van der Waals surface area contributed by atoms with Gasteiger partial charge < -0.3 is 14.5 Å². The lowest BCUT2D eigenvalue weighted by Gasteiger charge is -2.21. The topological polar surface area (TPSA) is 79.5 Å². The molecule has 1 aromatic heterocycles. The maximum atomic E-state index is 12.9. The fourth-order valence-electron chi connectivity index (χ4n) is 3.54. The van der Waals surface area contributed by atoms with E-state index >= 15 is 0 Å². The molecule has 1 amide bonds. The minimum absolute atomic E-state index is 0.0253. The molecule has 7 heteroatoms. The number of carbonyl (C=O) groups is 1. The Hall–Kier alpha value is -1.92. The molecule has 0 spiro atoms. The monoisotopic (exact) mass is 347 g/mol. The van der Waals surface area contributed by atoms with Crippen molar-refractivity contribution in [1.29, 1.82) is 0 Å². The van der Waals surface area contributed by atoms with E-state index in [1.165, 1.54) is 0 Å². The quantitative estimate of drug-likeness (QED) is 0.922. The molecular weight excluding hydrogens is 330 g/mol. The van der Waals surface area contributed by atoms with Gasteiger partial charge in [-0.15, -0.1) is 0 Å². The van der Waals surface area contributed by atoms with E-state index in [9.17, 15) is 9.90 Å². The summed E-state index contributed by atoms with van der Waals surface area (Å²) in [5.41, 5.74) is 1.02. The number of rotatable bonds is 3. The Labute approximate surface area is 144 Å². The van der Waals surface area contributed by atoms with Crippen LogP contribution in [0.1, 0.15) is 42.1 Å². The Kier molecular flexibility index (Phi) is 3.81. The van der Waals surface area contributed by atoms with Gasteiger partial charge in [0.1, 0.15) is 6.04 Å². The predicted molar refractivity (Wildman–Crippen MR) is 86.4 cm³/mol. The second kappa shape index (κ2) is 5.86. The van der Waals surface area contributed by atoms with Crippen LogP contribution in [0.15, 0.2) is 28.8 Å². The zero-order valence-electron chi connectivity index (χ0n) is 13.2. The molecule has 1 aromatic carbocycles. The van der Waals surface area contributed by atoms with E-state index in [2.05, 4.69) is 10.1 Å². The van der Waals surface area contributed by atoms with Gasteiger partial charge in [0.2, 0.25) is 11.8 Å². The minimum Gasteiger partial charge on any atom is -0.391 e. The molecule has 2 aromatic rings. The highest BCUT2D eigenvalue weighted by Crippen LogP contribution is 2.51. The number of aryl methyl sites for hydroxylation is 1. The van der Waals surface area contributed by atoms with Gasteiger partial charge in [-0.2, -0.15) is 4.98 Å². The maximum Gasteiger partial charge on any atom is 0.249 e. The molecule has 0 bridgehead atoms. The average molecular weight is 348 g/mol. The largest absolute Gasteiger partial charge is 0.391 e. The van der Waals surface area contributed by atoms with Crippen molar-refractivity contribution in [3.8, 4) is 0 Å². The van der Waals surface area contributed by atoms with Crippen molar-refractivity contribution in [3.05, 3.63) is 46.6 Å². The van der Waals surface area contributed by atoms with Gasteiger partial charge in [-0.25, -0.2) is 0 Å². The zero-order chi connectivity index (χ0) is 16.8. The van der Waals surface area contributed by atoms with Crippen molar-refractivity contribution in [2.45, 2.75) is 37.8 Å². The van der Waals surface area contributed by atoms with Gasteiger partial charge in [0.25, 0.3) is 0 Å². The van der Waals surface area contributed by atoms with Gasteiger partial charge in [-0.1, -0.05) is 35.0 Å². The first-order valence-electron chi connectivity index (χ1n) is 8.07. The molecule has 0 unspecified atom stereocenters. The summed E-state index contributed by atoms with van der Waals surface area (Å²) in [5, 5.41) is 14.5. The lowest BCUT2D eigenvalue weighted by Crippen LogP contribution is -2.33. The van der Waals surface area contributed by atoms with Crippen LogP contribution in [0.2, 0.25) is 5.02 Å². The molecule has 2 heterocycles. The lowest BCUT2D eigenvalue weighted by molar-refractivity contribution is -0.134. The van der Waals surface area contributed by atoms with Crippen molar-refractivity contribution in [2.75, 3.05) is 6.54 Å². The van der Waals surface area contributed by atoms with Gasteiger partial charge in [-0.3, -0.25) is 4.79 Å². The smallest absolute Gasteiger partial charge is 0.249 e. The predicted octanol–water partition coefficient (Wildman–Crippen LogP) is 2.47. The van der Waals surface area contributed by atoms with Crippen LogP contribution in [-0.2, 0) is 4.79 Å². The van der Waals surface area contributed by atoms with Gasteiger partial charge in [0, 0.05) is 23.9 Å². The van der Waals surface area contributed by atoms with Crippen LogP contribution in [0.5, 0.6) is 0 Å². The second-order valence-corrected chi connectivity index (χ2v) is 6.95. The lowest BCUT2D eigenvalue weighted by atomic mass is 10.1. The van der Waals surface area contributed by atoms with E-state index in [1.807, 2.05) is 24.3 Å². The number of benzene rings is 1. The number of hydrogen-bond donors (Lipinski definition) is 1. The fourth-order valence-corrected chi connectivity index (χ4v) is 3.82. The molecule has 24 heavy (non-hydrogen) atoms. The molecule has 1 saturated carbocycles. The third kappa shape index (κ3) is 2.70. The summed E-state index contributed by atoms with van der Waals surface area (Å²) in [6.45, 7) is 2.04. The van der Waals surface area contributed by atoms with E-state index in [4.69, 9.17) is 16.1 Å². The molecule has 4 rings (SSSR count). The molecule has 1 aliphatic carbocycles. The van der Waals surface area contributed by atoms with Crippen molar-refractivity contribution < 1.29 is 14.4 Å². The number of amides is 1. The Morgan fingerprint density at radius 2 is 2.17 bits per heavy atom. The Morgan fingerprint density at radius 1 is 1.38 bits per heavy atom. The molecular formula is C17H18ClN3O3. The van der Waals surface area contributed by atoms with Crippen LogP contribution in [0.4, 0.5) is 0 Å². The van der Waals surface area contributed by atoms with E-state index in [0.717, 1.165) is 12.0 Å². The SMILES string of the molecule is Cc1noc([C@H]2C[C@@H](O)CN2C(=O)[C@H]2C[C@@H]2c2ccccc2Cl)n1. The number of aliphatic hydroxyl groups excluding tert-OH is 1. The summed E-state index contributed by atoms with van der Waals surface area (Å²) in [6.07, 6.45) is 0.644. The number of halogens is 1. The van der Waals surface area contributed by atoms with E-state index in [1.54, 1.807) is 11.8 Å². The highest BCUT2D eigenvalue weighted by molar-refractivity contribution is 6.31. The van der Waals surface area contributed by atoms with Gasteiger partial charge in [0.15, 0.2) is 5.82 Å². The number of nitrogens with zero attached hydrogens (tertiary/aromatic N) is 3. The fraction of sp³-hybridized carbons (Fsp3) is 0.471. The van der Waals surface area contributed by atoms with Crippen LogP contribution in [-0.4, -0.2) is 38.7 Å². The van der Waals surface area contributed by atoms with Gasteiger partial charge in [0.05, 0.1) is 6.10 Å². The van der Waals surface area contributed by atoms with Crippen molar-refractivity contribution in [3.63, 3.8) is 0 Å². The third-order valence-electron chi connectivity index (χ3n) is 4.80. The minimum atomic E-state index is -0.566. The first-order chi connectivity index (χ1) is 11.5. The number of hydrogen-bond acceptors (Lipinski definition) is 5. The Balaban J connectivity index is 1.53. The van der Waals surface area contributed by atoms with Crippen LogP contribution < -0.4 is 0 Å². The molecule has 0 radical (unpaired) electrons. The summed E-state index contributed by atoms with van der Waals surface area (Å²) in [6, 6.07) is 7.29. The molecule has 6 nitrogen and oxygen atoms in total. The number of aliphatic hydroxyl groups is 1. The molecule has 1 saturated heterocycles. The normalized spacial score (nSPS) is 29.0. The highest BCUT2D eigenvalue weighted by atomic mass is 35.5. The first kappa shape index (κ1) is 15.6. The molecule has 2 fully saturated rings. The summed E-state index contributed by atoms with van der Waals surface area (Å²) in [4.78, 5) is 18.8. The molecule has 1 aliphatic heterocycles. The molecule has 2 aliphatic rings. The highest BCUT2D eigenvalue weighted by Gasteiger charge is 2.50. The van der Waals surface area contributed by atoms with Crippen LogP contribution in [0.25, 0.3) is 0 Å². The Bertz CT molecular complexity index is 778. The van der Waals surface area contributed by atoms with Crippen molar-refractivity contribution in [2.24, 2.45) is 5.92 Å². The third-order valence-corrected chi connectivity index (χ3v) is 5.15. The maximum absolute atomic E-state index is 12.9. The van der Waals surface area contributed by atoms with Crippen molar-refractivity contribution in [1.82, 2.24) is 15.0 Å². The summed E-state index contributed by atoms with van der Waals surface area (Å²) in [7, 11) is 0. The average Bonchev–Trinajstić information content (AvgIpc) is 3.07. The van der Waals surface area contributed by atoms with Crippen molar-refractivity contribution >= 4 is 17.5 Å². The summed E-state index contributed by atoms with van der Waals surface area (Å²) >= 11 is 6.24.